The highest BCUT2D eigenvalue weighted by molar-refractivity contribution is 5.73. The number of pyridine rings is 2. The van der Waals surface area contributed by atoms with Crippen LogP contribution in [0, 0.1) is 0 Å². The van der Waals surface area contributed by atoms with Crippen molar-refractivity contribution in [2.24, 2.45) is 0 Å². The molecule has 1 aliphatic carbocycles. The first-order chi connectivity index (χ1) is 15.1. The van der Waals surface area contributed by atoms with Crippen LogP contribution in [0.5, 0.6) is 0 Å². The highest BCUT2D eigenvalue weighted by atomic mass is 15.0. The zero-order valence-electron chi connectivity index (χ0n) is 18.6. The third-order valence-corrected chi connectivity index (χ3v) is 6.08. The zero-order chi connectivity index (χ0) is 21.7. The molecule has 0 N–H and O–H groups in total. The summed E-state index contributed by atoms with van der Waals surface area (Å²) in [5.74, 6) is 1.02. The van der Waals surface area contributed by atoms with E-state index in [-0.39, 0.29) is 0 Å². The number of allylic oxidation sites excluding steroid dienone is 1. The minimum absolute atomic E-state index is 0.593. The van der Waals surface area contributed by atoms with Crippen molar-refractivity contribution in [2.75, 3.05) is 0 Å². The number of hydrogen-bond donors (Lipinski definition) is 0. The van der Waals surface area contributed by atoms with Crippen molar-refractivity contribution in [1.29, 1.82) is 0 Å². The molecule has 1 aromatic carbocycles. The van der Waals surface area contributed by atoms with E-state index >= 15 is 0 Å². The topological polar surface area (TPSA) is 30.2 Å². The molecule has 1 saturated carbocycles. The molecule has 158 valence electrons. The second-order valence-corrected chi connectivity index (χ2v) is 8.55. The fourth-order valence-corrected chi connectivity index (χ4v) is 4.33. The summed E-state index contributed by atoms with van der Waals surface area (Å²) in [6, 6.07) is 21.1. The molecule has 5 rings (SSSR count). The standard InChI is InChI=1S/C16H15N3.C12H16/c1-12(2)16-14-7-3-4-9-19(14)15(18-16)10-13-6-5-8-17-11-13;1-2-8-12(9-10-12)11-6-4-3-5-7-11/h3-9,11H,1,10H2,2H3;3-7H,2,8-10H2,1H3. The molecule has 1 fully saturated rings. The van der Waals surface area contributed by atoms with Gasteiger partial charge in [-0.25, -0.2) is 4.98 Å². The summed E-state index contributed by atoms with van der Waals surface area (Å²) in [5.41, 5.74) is 6.38. The van der Waals surface area contributed by atoms with Crippen LogP contribution < -0.4 is 0 Å². The van der Waals surface area contributed by atoms with E-state index in [1.165, 1.54) is 25.7 Å². The average Bonchev–Trinajstić information content (AvgIpc) is 3.50. The number of aromatic nitrogens is 3. The van der Waals surface area contributed by atoms with Gasteiger partial charge in [0, 0.05) is 25.0 Å². The van der Waals surface area contributed by atoms with Gasteiger partial charge in [-0.1, -0.05) is 62.4 Å². The van der Waals surface area contributed by atoms with Crippen molar-refractivity contribution < 1.29 is 0 Å². The molecule has 0 aliphatic heterocycles. The Kier molecular flexibility index (Phi) is 6.31. The van der Waals surface area contributed by atoms with Crippen LogP contribution >= 0.6 is 0 Å². The Hall–Kier alpha value is -3.20. The molecule has 0 atom stereocenters. The molecule has 0 radical (unpaired) electrons. The van der Waals surface area contributed by atoms with E-state index in [0.717, 1.165) is 34.6 Å². The minimum atomic E-state index is 0.593. The maximum atomic E-state index is 4.72. The van der Waals surface area contributed by atoms with Crippen LogP contribution in [0.1, 0.15) is 62.2 Å². The molecule has 31 heavy (non-hydrogen) atoms. The monoisotopic (exact) mass is 409 g/mol. The van der Waals surface area contributed by atoms with E-state index < -0.39 is 0 Å². The number of rotatable bonds is 6. The van der Waals surface area contributed by atoms with Gasteiger partial charge >= 0.3 is 0 Å². The van der Waals surface area contributed by atoms with Gasteiger partial charge in [0.2, 0.25) is 0 Å². The molecule has 1 aliphatic rings. The molecule has 0 saturated heterocycles. The smallest absolute Gasteiger partial charge is 0.118 e. The van der Waals surface area contributed by atoms with Gasteiger partial charge in [-0.3, -0.25) is 4.98 Å². The highest BCUT2D eigenvalue weighted by Gasteiger charge is 2.42. The van der Waals surface area contributed by atoms with Crippen LogP contribution in [0.25, 0.3) is 11.1 Å². The van der Waals surface area contributed by atoms with E-state index in [9.17, 15) is 0 Å². The molecular formula is C28H31N3. The number of imidazole rings is 1. The van der Waals surface area contributed by atoms with E-state index in [1.54, 1.807) is 11.8 Å². The normalized spacial score (nSPS) is 14.0. The van der Waals surface area contributed by atoms with Gasteiger partial charge in [-0.2, -0.15) is 0 Å². The molecule has 0 spiro atoms. The van der Waals surface area contributed by atoms with Gasteiger partial charge in [0.25, 0.3) is 0 Å². The molecule has 3 nitrogen and oxygen atoms in total. The van der Waals surface area contributed by atoms with Crippen molar-refractivity contribution in [2.45, 2.75) is 51.4 Å². The van der Waals surface area contributed by atoms with Gasteiger partial charge in [-0.05, 0) is 66.5 Å². The molecule has 0 unspecified atom stereocenters. The van der Waals surface area contributed by atoms with Gasteiger partial charge in [0.1, 0.15) is 5.82 Å². The van der Waals surface area contributed by atoms with Gasteiger partial charge < -0.3 is 4.40 Å². The molecule has 3 heteroatoms. The third-order valence-electron chi connectivity index (χ3n) is 6.08. The van der Waals surface area contributed by atoms with Crippen molar-refractivity contribution in [3.8, 4) is 0 Å². The highest BCUT2D eigenvalue weighted by Crippen LogP contribution is 2.51. The summed E-state index contributed by atoms with van der Waals surface area (Å²) in [7, 11) is 0. The Morgan fingerprint density at radius 1 is 1.03 bits per heavy atom. The van der Waals surface area contributed by atoms with Gasteiger partial charge in [0.15, 0.2) is 0 Å². The predicted molar refractivity (Wildman–Crippen MR) is 129 cm³/mol. The lowest BCUT2D eigenvalue weighted by Crippen LogP contribution is -2.04. The van der Waals surface area contributed by atoms with Crippen LogP contribution in [0.2, 0.25) is 0 Å². The first-order valence-corrected chi connectivity index (χ1v) is 11.2. The Balaban J connectivity index is 0.000000166. The van der Waals surface area contributed by atoms with Crippen LogP contribution in [0.3, 0.4) is 0 Å². The summed E-state index contributed by atoms with van der Waals surface area (Å²) in [4.78, 5) is 8.87. The minimum Gasteiger partial charge on any atom is -0.303 e. The van der Waals surface area contributed by atoms with Crippen molar-refractivity contribution in [3.63, 3.8) is 0 Å². The summed E-state index contributed by atoms with van der Waals surface area (Å²) in [5, 5.41) is 0. The number of fused-ring (bicyclic) bond motifs is 1. The second kappa shape index (κ2) is 9.30. The van der Waals surface area contributed by atoms with Gasteiger partial charge in [0.05, 0.1) is 11.2 Å². The van der Waals surface area contributed by atoms with Gasteiger partial charge in [-0.15, -0.1) is 0 Å². The summed E-state index contributed by atoms with van der Waals surface area (Å²) >= 11 is 0. The largest absolute Gasteiger partial charge is 0.303 e. The summed E-state index contributed by atoms with van der Waals surface area (Å²) in [6.45, 7) is 8.28. The predicted octanol–water partition coefficient (Wildman–Crippen LogP) is 6.87. The lowest BCUT2D eigenvalue weighted by molar-refractivity contribution is 0.607. The van der Waals surface area contributed by atoms with E-state index in [0.29, 0.717) is 5.41 Å². The Labute approximate surface area is 185 Å². The van der Waals surface area contributed by atoms with E-state index in [2.05, 4.69) is 65.4 Å². The molecule has 4 aromatic rings. The molecule has 3 aromatic heterocycles. The number of hydrogen-bond acceptors (Lipinski definition) is 2. The van der Waals surface area contributed by atoms with Crippen molar-refractivity contribution >= 4 is 11.1 Å². The quantitative estimate of drug-likeness (QED) is 0.348. The molecule has 3 heterocycles. The SMILES string of the molecule is C=C(C)c1nc(Cc2cccnc2)n2ccccc12.CCCC1(c2ccccc2)CC1. The van der Waals surface area contributed by atoms with E-state index in [4.69, 9.17) is 4.98 Å². The lowest BCUT2D eigenvalue weighted by atomic mass is 9.91. The summed E-state index contributed by atoms with van der Waals surface area (Å²) < 4.78 is 2.12. The number of nitrogens with zero attached hydrogens (tertiary/aromatic N) is 3. The Morgan fingerprint density at radius 2 is 1.81 bits per heavy atom. The second-order valence-electron chi connectivity index (χ2n) is 8.55. The van der Waals surface area contributed by atoms with E-state index in [1.807, 2.05) is 37.5 Å². The summed E-state index contributed by atoms with van der Waals surface area (Å²) in [6.07, 6.45) is 12.0. The Morgan fingerprint density at radius 3 is 2.45 bits per heavy atom. The van der Waals surface area contributed by atoms with Crippen LogP contribution in [-0.4, -0.2) is 14.4 Å². The third kappa shape index (κ3) is 4.77. The first kappa shape index (κ1) is 21.0. The number of benzene rings is 1. The maximum Gasteiger partial charge on any atom is 0.118 e. The molecule has 0 amide bonds. The molecular weight excluding hydrogens is 378 g/mol. The zero-order valence-corrected chi connectivity index (χ0v) is 18.6. The maximum absolute atomic E-state index is 4.72. The first-order valence-electron chi connectivity index (χ1n) is 11.2. The lowest BCUT2D eigenvalue weighted by Gasteiger charge is -2.13. The van der Waals surface area contributed by atoms with Crippen LogP contribution in [0.4, 0.5) is 0 Å². The average molecular weight is 410 g/mol. The van der Waals surface area contributed by atoms with Crippen molar-refractivity contribution in [3.05, 3.63) is 108 Å². The Bertz CT molecular complexity index is 1140. The fourth-order valence-electron chi connectivity index (χ4n) is 4.33. The van der Waals surface area contributed by atoms with Crippen LogP contribution in [-0.2, 0) is 11.8 Å². The fraction of sp³-hybridized carbons (Fsp3) is 0.286. The van der Waals surface area contributed by atoms with Crippen molar-refractivity contribution in [1.82, 2.24) is 14.4 Å². The van der Waals surface area contributed by atoms with Crippen LogP contribution in [0.15, 0.2) is 85.8 Å². The molecule has 0 bridgehead atoms.